The minimum absolute atomic E-state index is 0.423. The van der Waals surface area contributed by atoms with Gasteiger partial charge in [0.1, 0.15) is 0 Å². The van der Waals surface area contributed by atoms with Crippen molar-refractivity contribution in [1.82, 2.24) is 14.5 Å². The van der Waals surface area contributed by atoms with Gasteiger partial charge in [0, 0.05) is 33.3 Å². The molecule has 0 bridgehead atoms. The second kappa shape index (κ2) is 4.90. The number of rotatable bonds is 2. The molecule has 1 aromatic heterocycles. The van der Waals surface area contributed by atoms with Crippen LogP contribution >= 0.6 is 0 Å². The third kappa shape index (κ3) is 2.12. The van der Waals surface area contributed by atoms with Crippen molar-refractivity contribution >= 4 is 5.95 Å². The fourth-order valence-electron chi connectivity index (χ4n) is 2.86. The number of anilines is 1. The molecule has 2 aliphatic heterocycles. The van der Waals surface area contributed by atoms with Crippen molar-refractivity contribution in [2.75, 3.05) is 31.6 Å². The van der Waals surface area contributed by atoms with Gasteiger partial charge in [-0.25, -0.2) is 4.98 Å². The molecule has 5 nitrogen and oxygen atoms in total. The van der Waals surface area contributed by atoms with Crippen molar-refractivity contribution in [1.29, 1.82) is 0 Å². The van der Waals surface area contributed by atoms with E-state index in [0.29, 0.717) is 6.10 Å². The molecule has 0 spiro atoms. The molecule has 2 aliphatic rings. The predicted octanol–water partition coefficient (Wildman–Crippen LogP) is 1.11. The van der Waals surface area contributed by atoms with Gasteiger partial charge < -0.3 is 19.1 Å². The molecule has 5 heteroatoms. The fourth-order valence-corrected chi connectivity index (χ4v) is 2.86. The van der Waals surface area contributed by atoms with E-state index in [9.17, 15) is 0 Å². The number of ether oxygens (including phenoxy) is 1. The Morgan fingerprint density at radius 2 is 2.06 bits per heavy atom. The lowest BCUT2D eigenvalue weighted by Gasteiger charge is -2.35. The molecule has 3 heterocycles. The summed E-state index contributed by atoms with van der Waals surface area (Å²) in [7, 11) is 5.81. The third-order valence-electron chi connectivity index (χ3n) is 4.00. The number of hydrogen-bond donors (Lipinski definition) is 0. The van der Waals surface area contributed by atoms with E-state index in [1.54, 1.807) is 7.11 Å². The van der Waals surface area contributed by atoms with Crippen LogP contribution in [0.25, 0.3) is 0 Å². The highest BCUT2D eigenvalue weighted by atomic mass is 16.5. The lowest BCUT2D eigenvalue weighted by molar-refractivity contribution is 0.0815. The highest BCUT2D eigenvalue weighted by Gasteiger charge is 2.24. The van der Waals surface area contributed by atoms with Crippen LogP contribution in [0, 0.1) is 7.05 Å². The zero-order valence-corrected chi connectivity index (χ0v) is 11.0. The predicted molar refractivity (Wildman–Crippen MR) is 70.2 cm³/mol. The summed E-state index contributed by atoms with van der Waals surface area (Å²) < 4.78 is 7.76. The van der Waals surface area contributed by atoms with E-state index >= 15 is 0 Å². The first kappa shape index (κ1) is 12.0. The molecule has 0 atom stereocenters. The zero-order valence-electron chi connectivity index (χ0n) is 11.0. The van der Waals surface area contributed by atoms with Crippen molar-refractivity contribution in [2.45, 2.75) is 32.0 Å². The zero-order chi connectivity index (χ0) is 12.5. The van der Waals surface area contributed by atoms with E-state index in [2.05, 4.69) is 26.4 Å². The fraction of sp³-hybridized carbons (Fsp3) is 0.692. The molecule has 0 aliphatic carbocycles. The largest absolute Gasteiger partial charge is 0.453 e. The van der Waals surface area contributed by atoms with Crippen LogP contribution in [0.2, 0.25) is 0 Å². The van der Waals surface area contributed by atoms with E-state index in [-0.39, 0.29) is 0 Å². The molecule has 1 saturated heterocycles. The molecule has 0 N–H and O–H groups in total. The highest BCUT2D eigenvalue weighted by Crippen LogP contribution is 2.24. The molecule has 3 rings (SSSR count). The summed E-state index contributed by atoms with van der Waals surface area (Å²) in [5.74, 6) is 1.13. The molecule has 1 aromatic rings. The molecule has 0 radical (unpaired) electrons. The smallest absolute Gasteiger partial charge is 0.205 e. The van der Waals surface area contributed by atoms with Crippen LogP contribution in [0.1, 0.15) is 18.5 Å². The lowest BCUT2D eigenvalue weighted by Crippen LogP contribution is -2.39. The molecule has 0 aromatic carbocycles. The number of methoxy groups -OCH3 is 1. The number of fused-ring (bicyclic) bond motifs is 1. The van der Waals surface area contributed by atoms with E-state index in [0.717, 1.165) is 51.5 Å². The summed E-state index contributed by atoms with van der Waals surface area (Å²) in [6.45, 7) is 5.00. The van der Waals surface area contributed by atoms with Gasteiger partial charge in [-0.2, -0.15) is 0 Å². The van der Waals surface area contributed by atoms with Gasteiger partial charge in [-0.05, 0) is 19.4 Å². The average molecular weight is 249 g/mol. The molecule has 18 heavy (non-hydrogen) atoms. The van der Waals surface area contributed by atoms with Crippen molar-refractivity contribution < 1.29 is 4.74 Å². The van der Waals surface area contributed by atoms with Crippen molar-refractivity contribution in [3.05, 3.63) is 18.9 Å². The van der Waals surface area contributed by atoms with Crippen LogP contribution in [0.4, 0.5) is 5.95 Å². The van der Waals surface area contributed by atoms with E-state index in [1.807, 2.05) is 6.20 Å². The van der Waals surface area contributed by atoms with Gasteiger partial charge in [-0.1, -0.05) is 0 Å². The van der Waals surface area contributed by atoms with Crippen LogP contribution in [0.15, 0.2) is 6.20 Å². The molecule has 100 valence electrons. The Kier molecular flexibility index (Phi) is 3.26. The van der Waals surface area contributed by atoms with Crippen LogP contribution in [-0.2, 0) is 17.8 Å². The van der Waals surface area contributed by atoms with Crippen LogP contribution < -0.4 is 4.90 Å². The Bertz CT molecular complexity index is 409. The van der Waals surface area contributed by atoms with Crippen molar-refractivity contribution in [2.24, 2.45) is 0 Å². The quantitative estimate of drug-likeness (QED) is 0.735. The molecular formula is C13H21N4O-. The van der Waals surface area contributed by atoms with Gasteiger partial charge in [0.15, 0.2) is 0 Å². The number of aromatic nitrogens is 2. The Labute approximate surface area is 108 Å². The minimum Gasteiger partial charge on any atom is -0.453 e. The summed E-state index contributed by atoms with van der Waals surface area (Å²) >= 11 is 0. The molecule has 0 unspecified atom stereocenters. The summed E-state index contributed by atoms with van der Waals surface area (Å²) in [5.41, 5.74) is 1.28. The maximum Gasteiger partial charge on any atom is 0.205 e. The van der Waals surface area contributed by atoms with Crippen LogP contribution in [0.5, 0.6) is 0 Å². The van der Waals surface area contributed by atoms with Gasteiger partial charge in [0.2, 0.25) is 5.95 Å². The second-order valence-corrected chi connectivity index (χ2v) is 5.18. The Morgan fingerprint density at radius 1 is 1.28 bits per heavy atom. The van der Waals surface area contributed by atoms with E-state index < -0.39 is 0 Å². The number of nitrogens with zero attached hydrogens (tertiary/aromatic N) is 4. The van der Waals surface area contributed by atoms with Crippen molar-refractivity contribution in [3.63, 3.8) is 0 Å². The van der Waals surface area contributed by atoms with Gasteiger partial charge in [-0.3, -0.25) is 7.05 Å². The van der Waals surface area contributed by atoms with Gasteiger partial charge in [-0.15, -0.1) is 0 Å². The molecule has 0 saturated carbocycles. The average Bonchev–Trinajstić information content (AvgIpc) is 2.81. The monoisotopic (exact) mass is 249 g/mol. The van der Waals surface area contributed by atoms with Gasteiger partial charge in [0.05, 0.1) is 18.0 Å². The summed E-state index contributed by atoms with van der Waals surface area (Å²) in [6, 6.07) is 0. The Hall–Kier alpha value is -1.07. The first-order valence-electron chi connectivity index (χ1n) is 6.65. The topological polar surface area (TPSA) is 33.5 Å². The van der Waals surface area contributed by atoms with Gasteiger partial charge >= 0.3 is 0 Å². The standard InChI is InChI=1S/C13H21N4O/c1-15-7-8-17-11(10-15)9-14-13(17)16-5-3-12(18-2)4-6-16/h9,12H,1,3-8,10H2,2H3/q-1. The van der Waals surface area contributed by atoms with E-state index in [4.69, 9.17) is 4.74 Å². The molecule has 0 amide bonds. The Morgan fingerprint density at radius 3 is 2.78 bits per heavy atom. The van der Waals surface area contributed by atoms with Crippen LogP contribution in [-0.4, -0.2) is 47.3 Å². The summed E-state index contributed by atoms with van der Waals surface area (Å²) in [6.07, 6.45) is 4.61. The normalized spacial score (nSPS) is 22.2. The third-order valence-corrected chi connectivity index (χ3v) is 4.00. The first-order valence-corrected chi connectivity index (χ1v) is 6.65. The number of imidazole rings is 1. The SMILES string of the molecule is [CH2-]N1CCn2c(cnc2N2CCC(OC)CC2)C1. The molecular weight excluding hydrogens is 228 g/mol. The maximum atomic E-state index is 5.41. The van der Waals surface area contributed by atoms with Crippen molar-refractivity contribution in [3.8, 4) is 0 Å². The maximum absolute atomic E-state index is 5.41. The Balaban J connectivity index is 1.74. The summed E-state index contributed by atoms with van der Waals surface area (Å²) in [5, 5.41) is 0. The number of piperidine rings is 1. The minimum atomic E-state index is 0.423. The highest BCUT2D eigenvalue weighted by molar-refractivity contribution is 5.35. The molecule has 1 fully saturated rings. The summed E-state index contributed by atoms with van der Waals surface area (Å²) in [4.78, 5) is 9.08. The lowest BCUT2D eigenvalue weighted by atomic mass is 10.1. The van der Waals surface area contributed by atoms with Gasteiger partial charge in [0.25, 0.3) is 0 Å². The van der Waals surface area contributed by atoms with E-state index in [1.165, 1.54) is 5.69 Å². The number of hydrogen-bond acceptors (Lipinski definition) is 4. The van der Waals surface area contributed by atoms with Crippen LogP contribution in [0.3, 0.4) is 0 Å². The second-order valence-electron chi connectivity index (χ2n) is 5.18. The first-order chi connectivity index (χ1) is 8.78.